The number of benzene rings is 3. The lowest BCUT2D eigenvalue weighted by Crippen LogP contribution is -2.21. The van der Waals surface area contributed by atoms with Crippen molar-refractivity contribution < 1.29 is 33.6 Å². The first kappa shape index (κ1) is 20.6. The molecular formula is C26H20O7. The van der Waals surface area contributed by atoms with Crippen molar-refractivity contribution in [2.75, 3.05) is 14.2 Å². The molecule has 0 bridgehead atoms. The van der Waals surface area contributed by atoms with Gasteiger partial charge in [-0.15, -0.1) is 0 Å². The van der Waals surface area contributed by atoms with Gasteiger partial charge in [-0.05, 0) is 53.6 Å². The van der Waals surface area contributed by atoms with Gasteiger partial charge in [-0.25, -0.2) is 0 Å². The molecule has 0 radical (unpaired) electrons. The van der Waals surface area contributed by atoms with Gasteiger partial charge in [0.05, 0.1) is 26.2 Å². The molecule has 3 aromatic rings. The number of Topliss-reactive ketones (excluding diaryl/α,β-unsaturated/α-hetero) is 1. The van der Waals surface area contributed by atoms with Crippen LogP contribution in [-0.2, 0) is 4.79 Å². The second kappa shape index (κ2) is 8.02. The molecule has 0 spiro atoms. The summed E-state index contributed by atoms with van der Waals surface area (Å²) >= 11 is 0. The summed E-state index contributed by atoms with van der Waals surface area (Å²) < 4.78 is 22.1. The van der Waals surface area contributed by atoms with E-state index in [1.165, 1.54) is 7.11 Å². The van der Waals surface area contributed by atoms with Crippen LogP contribution >= 0.6 is 0 Å². The summed E-state index contributed by atoms with van der Waals surface area (Å²) in [6.45, 7) is 0. The van der Waals surface area contributed by atoms with Crippen molar-refractivity contribution in [3.63, 3.8) is 0 Å². The molecule has 0 unspecified atom stereocenters. The number of phenols is 1. The van der Waals surface area contributed by atoms with Crippen molar-refractivity contribution in [1.82, 2.24) is 0 Å². The third-order valence-electron chi connectivity index (χ3n) is 5.76. The molecule has 0 saturated carbocycles. The van der Waals surface area contributed by atoms with Gasteiger partial charge in [0.25, 0.3) is 0 Å². The molecule has 0 fully saturated rings. The fourth-order valence-electron chi connectivity index (χ4n) is 4.23. The summed E-state index contributed by atoms with van der Waals surface area (Å²) in [7, 11) is 3.09. The van der Waals surface area contributed by atoms with Gasteiger partial charge in [0, 0.05) is 11.5 Å². The van der Waals surface area contributed by atoms with Crippen molar-refractivity contribution in [3.8, 4) is 28.7 Å². The maximum absolute atomic E-state index is 13.1. The Bertz CT molecular complexity index is 1320. The molecule has 1 N–H and O–H groups in total. The van der Waals surface area contributed by atoms with E-state index in [9.17, 15) is 14.7 Å². The van der Waals surface area contributed by atoms with Gasteiger partial charge in [-0.3, -0.25) is 9.59 Å². The highest BCUT2D eigenvalue weighted by Crippen LogP contribution is 2.49. The lowest BCUT2D eigenvalue weighted by Gasteiger charge is -2.26. The average molecular weight is 444 g/mol. The monoisotopic (exact) mass is 444 g/mol. The minimum atomic E-state index is -0.420. The molecule has 0 aliphatic carbocycles. The Morgan fingerprint density at radius 2 is 1.79 bits per heavy atom. The molecule has 5 rings (SSSR count). The summed E-state index contributed by atoms with van der Waals surface area (Å²) in [6, 6.07) is 15.2. The number of carbonyl (C=O) groups excluding carboxylic acids is 2. The van der Waals surface area contributed by atoms with Crippen LogP contribution in [0.5, 0.6) is 28.7 Å². The number of esters is 1. The Morgan fingerprint density at radius 3 is 2.55 bits per heavy atom. The quantitative estimate of drug-likeness (QED) is 0.361. The number of ketones is 1. The molecule has 2 aliphatic heterocycles. The topological polar surface area (TPSA) is 91.3 Å². The summed E-state index contributed by atoms with van der Waals surface area (Å²) in [6.07, 6.45) is 1.70. The smallest absolute Gasteiger partial charge is 0.312 e. The van der Waals surface area contributed by atoms with Crippen LogP contribution in [0.4, 0.5) is 0 Å². The largest absolute Gasteiger partial charge is 0.508 e. The molecule has 7 heteroatoms. The van der Waals surface area contributed by atoms with Gasteiger partial charge in [-0.2, -0.15) is 0 Å². The zero-order chi connectivity index (χ0) is 23.1. The maximum atomic E-state index is 13.1. The van der Waals surface area contributed by atoms with Crippen LogP contribution in [0.3, 0.4) is 0 Å². The van der Waals surface area contributed by atoms with E-state index in [4.69, 9.17) is 18.9 Å². The van der Waals surface area contributed by atoms with Crippen LogP contribution < -0.4 is 18.9 Å². The number of aromatic hydroxyl groups is 1. The van der Waals surface area contributed by atoms with Crippen LogP contribution in [-0.4, -0.2) is 31.1 Å². The van der Waals surface area contributed by atoms with Crippen LogP contribution in [0.25, 0.3) is 6.08 Å². The van der Waals surface area contributed by atoms with Crippen LogP contribution in [0.1, 0.15) is 39.4 Å². The summed E-state index contributed by atoms with van der Waals surface area (Å²) in [5, 5.41) is 9.95. The summed E-state index contributed by atoms with van der Waals surface area (Å²) in [4.78, 5) is 25.4. The van der Waals surface area contributed by atoms with E-state index >= 15 is 0 Å². The van der Waals surface area contributed by atoms with Gasteiger partial charge in [0.15, 0.2) is 17.3 Å². The second-order valence-corrected chi connectivity index (χ2v) is 7.73. The minimum absolute atomic E-state index is 0.0686. The number of allylic oxidation sites excluding steroid dienone is 1. The van der Waals surface area contributed by atoms with Crippen molar-refractivity contribution in [2.24, 2.45) is 0 Å². The number of methoxy groups -OCH3 is 2. The number of phenolic OH excluding ortho intramolecular Hbond substituents is 1. The van der Waals surface area contributed by atoms with Crippen LogP contribution in [0.15, 0.2) is 60.4 Å². The third-order valence-corrected chi connectivity index (χ3v) is 5.76. The van der Waals surface area contributed by atoms with Gasteiger partial charge in [0.1, 0.15) is 17.2 Å². The molecule has 166 valence electrons. The molecule has 0 amide bonds. The lowest BCUT2D eigenvalue weighted by molar-refractivity contribution is -0.135. The van der Waals surface area contributed by atoms with E-state index in [0.29, 0.717) is 39.7 Å². The van der Waals surface area contributed by atoms with Gasteiger partial charge >= 0.3 is 5.97 Å². The summed E-state index contributed by atoms with van der Waals surface area (Å²) in [5.41, 5.74) is 2.44. The third kappa shape index (κ3) is 3.57. The van der Waals surface area contributed by atoms with E-state index in [2.05, 4.69) is 0 Å². The lowest BCUT2D eigenvalue weighted by atomic mass is 9.84. The predicted octanol–water partition coefficient (Wildman–Crippen LogP) is 4.47. The molecule has 33 heavy (non-hydrogen) atoms. The molecule has 0 aromatic heterocycles. The first-order valence-electron chi connectivity index (χ1n) is 10.3. The maximum Gasteiger partial charge on any atom is 0.312 e. The fourth-order valence-corrected chi connectivity index (χ4v) is 4.23. The highest BCUT2D eigenvalue weighted by Gasteiger charge is 2.38. The number of ether oxygens (including phenoxy) is 4. The number of hydrogen-bond acceptors (Lipinski definition) is 7. The highest BCUT2D eigenvalue weighted by molar-refractivity contribution is 6.15. The van der Waals surface area contributed by atoms with Crippen molar-refractivity contribution in [1.29, 1.82) is 0 Å². The van der Waals surface area contributed by atoms with Crippen molar-refractivity contribution in [2.45, 2.75) is 12.3 Å². The van der Waals surface area contributed by atoms with Gasteiger partial charge in [0.2, 0.25) is 5.78 Å². The molecule has 2 heterocycles. The Labute approximate surface area is 189 Å². The van der Waals surface area contributed by atoms with E-state index in [0.717, 1.165) is 5.56 Å². The average Bonchev–Trinajstić information content (AvgIpc) is 3.13. The molecule has 2 aliphatic rings. The Balaban J connectivity index is 1.58. The molecule has 7 nitrogen and oxygen atoms in total. The summed E-state index contributed by atoms with van der Waals surface area (Å²) in [5.74, 6) is 0.980. The minimum Gasteiger partial charge on any atom is -0.508 e. The SMILES string of the molecule is COc1ccc(/C=C2\Oc3c(ccc4c3[C@H](c3cccc(O)c3)CC(=O)O4)C2=O)cc1OC. The van der Waals surface area contributed by atoms with E-state index in [1.807, 2.05) is 6.07 Å². The molecule has 1 atom stereocenters. The predicted molar refractivity (Wildman–Crippen MR) is 119 cm³/mol. The number of hydrogen-bond donors (Lipinski definition) is 1. The zero-order valence-corrected chi connectivity index (χ0v) is 18.0. The first-order valence-corrected chi connectivity index (χ1v) is 10.3. The normalized spacial score (nSPS) is 17.8. The van der Waals surface area contributed by atoms with Crippen molar-refractivity contribution >= 4 is 17.8 Å². The Morgan fingerprint density at radius 1 is 0.970 bits per heavy atom. The molecule has 0 saturated heterocycles. The zero-order valence-electron chi connectivity index (χ0n) is 18.0. The second-order valence-electron chi connectivity index (χ2n) is 7.73. The number of rotatable bonds is 4. The van der Waals surface area contributed by atoms with Crippen LogP contribution in [0, 0.1) is 0 Å². The van der Waals surface area contributed by atoms with E-state index in [1.54, 1.807) is 61.7 Å². The fraction of sp³-hybridized carbons (Fsp3) is 0.154. The standard InChI is InChI=1S/C26H20O7/c1-30-19-8-6-14(10-21(19)31-2)11-22-25(29)17-7-9-20-24(26(17)33-22)18(13-23(28)32-20)15-4-3-5-16(27)12-15/h3-12,18,27H,13H2,1-2H3/b22-11-/t18-/m0/s1. The van der Waals surface area contributed by atoms with E-state index in [-0.39, 0.29) is 29.7 Å². The van der Waals surface area contributed by atoms with Crippen molar-refractivity contribution in [3.05, 3.63) is 82.6 Å². The highest BCUT2D eigenvalue weighted by atomic mass is 16.5. The Hall–Kier alpha value is -4.26. The van der Waals surface area contributed by atoms with Crippen LogP contribution in [0.2, 0.25) is 0 Å². The first-order chi connectivity index (χ1) is 16.0. The number of carbonyl (C=O) groups is 2. The van der Waals surface area contributed by atoms with Gasteiger partial charge in [-0.1, -0.05) is 18.2 Å². The molecular weight excluding hydrogens is 424 g/mol. The number of fused-ring (bicyclic) bond motifs is 3. The molecule has 3 aromatic carbocycles. The van der Waals surface area contributed by atoms with E-state index < -0.39 is 5.92 Å². The van der Waals surface area contributed by atoms with Gasteiger partial charge < -0.3 is 24.1 Å². The Kier molecular flexibility index (Phi) is 5.01.